The summed E-state index contributed by atoms with van der Waals surface area (Å²) in [7, 11) is 1.61. The summed E-state index contributed by atoms with van der Waals surface area (Å²) in [6.45, 7) is 3.53. The largest absolute Gasteiger partial charge is 0.389 e. The number of amides is 1. The van der Waals surface area contributed by atoms with E-state index < -0.39 is 5.60 Å². The zero-order valence-electron chi connectivity index (χ0n) is 8.52. The van der Waals surface area contributed by atoms with Crippen LogP contribution in [0.1, 0.15) is 24.3 Å². The van der Waals surface area contributed by atoms with Gasteiger partial charge in [-0.05, 0) is 13.8 Å². The van der Waals surface area contributed by atoms with Gasteiger partial charge < -0.3 is 14.5 Å². The van der Waals surface area contributed by atoms with Gasteiger partial charge in [0.15, 0.2) is 5.69 Å². The first-order valence-corrected chi connectivity index (χ1v) is 4.28. The van der Waals surface area contributed by atoms with Crippen LogP contribution in [0.5, 0.6) is 0 Å². The molecule has 1 heterocycles. The molecule has 0 atom stereocenters. The third-order valence-corrected chi connectivity index (χ3v) is 1.63. The van der Waals surface area contributed by atoms with Crippen LogP contribution in [-0.4, -0.2) is 40.3 Å². The summed E-state index contributed by atoms with van der Waals surface area (Å²) in [5.41, 5.74) is -0.662. The van der Waals surface area contributed by atoms with Gasteiger partial charge in [0.05, 0.1) is 5.60 Å². The van der Waals surface area contributed by atoms with Crippen molar-refractivity contribution in [1.82, 2.24) is 10.1 Å². The van der Waals surface area contributed by atoms with Crippen LogP contribution in [0.25, 0.3) is 0 Å². The predicted octanol–water partition coefficient (Wildman–Crippen LogP) is 0.518. The molecule has 1 aromatic heterocycles. The third-order valence-electron chi connectivity index (χ3n) is 1.63. The minimum Gasteiger partial charge on any atom is -0.389 e. The van der Waals surface area contributed by atoms with Crippen LogP contribution in [-0.2, 0) is 0 Å². The van der Waals surface area contributed by atoms with Crippen molar-refractivity contribution in [3.63, 3.8) is 0 Å². The number of hydrogen-bond donors (Lipinski definition) is 1. The molecular weight excluding hydrogens is 184 g/mol. The van der Waals surface area contributed by atoms with Crippen LogP contribution in [0, 0.1) is 0 Å². The van der Waals surface area contributed by atoms with Crippen molar-refractivity contribution >= 4 is 5.91 Å². The molecular formula is C9H14N2O3. The van der Waals surface area contributed by atoms with Crippen LogP contribution in [0.3, 0.4) is 0 Å². The SMILES string of the molecule is CN(CC(C)(C)O)C(=O)c1ccon1. The molecule has 0 bridgehead atoms. The molecule has 0 saturated heterocycles. The zero-order valence-corrected chi connectivity index (χ0v) is 8.52. The molecule has 1 rings (SSSR count). The van der Waals surface area contributed by atoms with E-state index in [2.05, 4.69) is 9.68 Å². The molecule has 5 nitrogen and oxygen atoms in total. The lowest BCUT2D eigenvalue weighted by Crippen LogP contribution is -2.39. The van der Waals surface area contributed by atoms with E-state index in [0.717, 1.165) is 0 Å². The monoisotopic (exact) mass is 198 g/mol. The Kier molecular flexibility index (Phi) is 2.90. The average Bonchev–Trinajstić information content (AvgIpc) is 2.51. The maximum atomic E-state index is 11.6. The standard InChI is InChI=1S/C9H14N2O3/c1-9(2,13)6-11(3)8(12)7-4-5-14-10-7/h4-5,13H,6H2,1-3H3. The first-order chi connectivity index (χ1) is 6.40. The number of aliphatic hydroxyl groups is 1. The molecule has 0 saturated carbocycles. The van der Waals surface area contributed by atoms with Crippen molar-refractivity contribution in [2.24, 2.45) is 0 Å². The summed E-state index contributed by atoms with van der Waals surface area (Å²) in [4.78, 5) is 13.0. The van der Waals surface area contributed by atoms with Crippen molar-refractivity contribution < 1.29 is 14.4 Å². The second-order valence-electron chi connectivity index (χ2n) is 3.86. The predicted molar refractivity (Wildman–Crippen MR) is 49.8 cm³/mol. The molecule has 1 aromatic rings. The zero-order chi connectivity index (χ0) is 10.8. The second kappa shape index (κ2) is 3.79. The van der Waals surface area contributed by atoms with E-state index in [9.17, 15) is 9.90 Å². The van der Waals surface area contributed by atoms with E-state index in [4.69, 9.17) is 0 Å². The molecule has 0 fully saturated rings. The Morgan fingerprint density at radius 2 is 2.36 bits per heavy atom. The number of carbonyl (C=O) groups is 1. The minimum absolute atomic E-state index is 0.247. The fourth-order valence-corrected chi connectivity index (χ4v) is 1.17. The lowest BCUT2D eigenvalue weighted by atomic mass is 10.1. The van der Waals surface area contributed by atoms with E-state index in [0.29, 0.717) is 0 Å². The molecule has 14 heavy (non-hydrogen) atoms. The summed E-state index contributed by atoms with van der Waals surface area (Å²) < 4.78 is 4.56. The fraction of sp³-hybridized carbons (Fsp3) is 0.556. The molecule has 0 aliphatic heterocycles. The minimum atomic E-state index is -0.909. The van der Waals surface area contributed by atoms with Crippen LogP contribution in [0.15, 0.2) is 16.9 Å². The highest BCUT2D eigenvalue weighted by Crippen LogP contribution is 2.06. The normalized spacial score (nSPS) is 11.4. The van der Waals surface area contributed by atoms with Gasteiger partial charge >= 0.3 is 0 Å². The molecule has 0 aliphatic carbocycles. The van der Waals surface area contributed by atoms with Crippen molar-refractivity contribution in [2.75, 3.05) is 13.6 Å². The molecule has 5 heteroatoms. The number of rotatable bonds is 3. The molecule has 1 N–H and O–H groups in total. The Morgan fingerprint density at radius 3 is 2.79 bits per heavy atom. The summed E-state index contributed by atoms with van der Waals surface area (Å²) in [5.74, 6) is -0.263. The van der Waals surface area contributed by atoms with Gasteiger partial charge in [-0.3, -0.25) is 4.79 Å². The highest BCUT2D eigenvalue weighted by molar-refractivity contribution is 5.91. The number of likely N-dealkylation sites (N-methyl/N-ethyl adjacent to an activating group) is 1. The highest BCUT2D eigenvalue weighted by Gasteiger charge is 2.21. The Labute approximate surface area is 82.3 Å². The summed E-state index contributed by atoms with van der Waals surface area (Å²) >= 11 is 0. The Bertz CT molecular complexity index is 300. The van der Waals surface area contributed by atoms with E-state index in [1.165, 1.54) is 17.2 Å². The molecule has 1 amide bonds. The van der Waals surface area contributed by atoms with Gasteiger partial charge in [0, 0.05) is 19.7 Å². The molecule has 0 spiro atoms. The number of hydrogen-bond acceptors (Lipinski definition) is 4. The summed E-state index contributed by atoms with van der Waals surface area (Å²) in [5, 5.41) is 13.0. The maximum Gasteiger partial charge on any atom is 0.275 e. The molecule has 78 valence electrons. The third kappa shape index (κ3) is 2.85. The maximum absolute atomic E-state index is 11.6. The number of carbonyl (C=O) groups excluding carboxylic acids is 1. The molecule has 0 unspecified atom stereocenters. The summed E-state index contributed by atoms with van der Waals surface area (Å²) in [6, 6.07) is 1.49. The van der Waals surface area contributed by atoms with E-state index >= 15 is 0 Å². The topological polar surface area (TPSA) is 66.6 Å². The molecule has 0 aliphatic rings. The van der Waals surface area contributed by atoms with Gasteiger partial charge in [-0.15, -0.1) is 0 Å². The second-order valence-corrected chi connectivity index (χ2v) is 3.86. The molecule has 0 radical (unpaired) electrons. The number of nitrogens with zero attached hydrogens (tertiary/aromatic N) is 2. The smallest absolute Gasteiger partial charge is 0.275 e. The van der Waals surface area contributed by atoms with Crippen molar-refractivity contribution in [3.8, 4) is 0 Å². The fourth-order valence-electron chi connectivity index (χ4n) is 1.17. The van der Waals surface area contributed by atoms with Crippen LogP contribution >= 0.6 is 0 Å². The lowest BCUT2D eigenvalue weighted by Gasteiger charge is -2.24. The van der Waals surface area contributed by atoms with Crippen LogP contribution < -0.4 is 0 Å². The first kappa shape index (κ1) is 10.7. The lowest BCUT2D eigenvalue weighted by molar-refractivity contribution is 0.0362. The van der Waals surface area contributed by atoms with Crippen molar-refractivity contribution in [2.45, 2.75) is 19.4 Å². The van der Waals surface area contributed by atoms with E-state index in [1.54, 1.807) is 20.9 Å². The van der Waals surface area contributed by atoms with Crippen molar-refractivity contribution in [1.29, 1.82) is 0 Å². The van der Waals surface area contributed by atoms with Gasteiger partial charge in [-0.1, -0.05) is 5.16 Å². The van der Waals surface area contributed by atoms with Gasteiger partial charge in [-0.2, -0.15) is 0 Å². The van der Waals surface area contributed by atoms with E-state index in [1.807, 2.05) is 0 Å². The van der Waals surface area contributed by atoms with Gasteiger partial charge in [-0.25, -0.2) is 0 Å². The van der Waals surface area contributed by atoms with Gasteiger partial charge in [0.1, 0.15) is 6.26 Å². The number of aromatic nitrogens is 1. The van der Waals surface area contributed by atoms with Crippen molar-refractivity contribution in [3.05, 3.63) is 18.0 Å². The Morgan fingerprint density at radius 1 is 1.71 bits per heavy atom. The quantitative estimate of drug-likeness (QED) is 0.768. The first-order valence-electron chi connectivity index (χ1n) is 4.28. The molecule has 0 aromatic carbocycles. The average molecular weight is 198 g/mol. The van der Waals surface area contributed by atoms with Gasteiger partial charge in [0.2, 0.25) is 0 Å². The van der Waals surface area contributed by atoms with Crippen LogP contribution in [0.4, 0.5) is 0 Å². The summed E-state index contributed by atoms with van der Waals surface area (Å²) in [6.07, 6.45) is 1.34. The Hall–Kier alpha value is -1.36. The highest BCUT2D eigenvalue weighted by atomic mass is 16.5. The van der Waals surface area contributed by atoms with Gasteiger partial charge in [0.25, 0.3) is 5.91 Å². The van der Waals surface area contributed by atoms with E-state index in [-0.39, 0.29) is 18.1 Å². The Balaban J connectivity index is 2.63. The van der Waals surface area contributed by atoms with Crippen LogP contribution in [0.2, 0.25) is 0 Å².